The summed E-state index contributed by atoms with van der Waals surface area (Å²) in [4.78, 5) is 126. The molecule has 6 N–H and O–H groups in total. The van der Waals surface area contributed by atoms with E-state index in [0.29, 0.717) is 11.1 Å². The van der Waals surface area contributed by atoms with Gasteiger partial charge in [0.2, 0.25) is 0 Å². The van der Waals surface area contributed by atoms with E-state index in [1.807, 2.05) is 72.8 Å². The van der Waals surface area contributed by atoms with Gasteiger partial charge in [-0.1, -0.05) is 121 Å². The number of halogens is 6. The molecule has 6 saturated heterocycles. The van der Waals surface area contributed by atoms with Crippen molar-refractivity contribution in [2.45, 2.75) is 257 Å². The lowest BCUT2D eigenvalue weighted by Crippen LogP contribution is -2.47. The number of carboxylic acids is 2. The molecular weight excluding hydrogens is 1710 g/mol. The first-order valence-electron chi connectivity index (χ1n) is 41.4. The number of carbonyl (C=O) groups excluding carboxylic acids is 8. The first kappa shape index (κ1) is 111. The Morgan fingerprint density at radius 3 is 1.03 bits per heavy atom. The summed E-state index contributed by atoms with van der Waals surface area (Å²) in [7, 11) is 6.49. The molecule has 0 spiro atoms. The van der Waals surface area contributed by atoms with Gasteiger partial charge in [-0.3, -0.25) is 29.3 Å². The number of aliphatic carboxylic acids is 2. The van der Waals surface area contributed by atoms with Gasteiger partial charge in [0.1, 0.15) is 110 Å². The minimum absolute atomic E-state index is 0.00650. The molecule has 6 aliphatic rings. The zero-order chi connectivity index (χ0) is 97.0. The molecule has 6 fully saturated rings. The summed E-state index contributed by atoms with van der Waals surface area (Å²) in [5.41, 5.74) is 6.98. The Bertz CT molecular complexity index is 4150. The van der Waals surface area contributed by atoms with Gasteiger partial charge < -0.3 is 87.7 Å². The third-order valence-electron chi connectivity index (χ3n) is 19.6. The Morgan fingerprint density at radius 2 is 0.729 bits per heavy atom. The van der Waals surface area contributed by atoms with Crippen LogP contribution in [0.3, 0.4) is 0 Å². The van der Waals surface area contributed by atoms with Gasteiger partial charge in [-0.15, -0.1) is 0 Å². The van der Waals surface area contributed by atoms with Crippen LogP contribution in [-0.4, -0.2) is 301 Å². The number of hydrogen-bond acceptors (Lipinski definition) is 26. The van der Waals surface area contributed by atoms with Crippen molar-refractivity contribution in [2.24, 2.45) is 5.73 Å². The van der Waals surface area contributed by atoms with Crippen molar-refractivity contribution in [1.29, 1.82) is 0 Å². The number of rotatable bonds is 22. The van der Waals surface area contributed by atoms with Crippen molar-refractivity contribution in [3.8, 4) is 0 Å². The maximum Gasteiger partial charge on any atom is 0.411 e. The summed E-state index contributed by atoms with van der Waals surface area (Å²) in [6.07, 6.45) is -15.3. The second-order valence-electron chi connectivity index (χ2n) is 33.5. The highest BCUT2D eigenvalue weighted by Gasteiger charge is 2.55. The molecule has 129 heavy (non-hydrogen) atoms. The van der Waals surface area contributed by atoms with Crippen LogP contribution in [0.25, 0.3) is 0 Å². The van der Waals surface area contributed by atoms with Crippen LogP contribution >= 0.6 is 0 Å². The summed E-state index contributed by atoms with van der Waals surface area (Å²) in [6, 6.07) is 29.9. The van der Waals surface area contributed by atoms with Crippen LogP contribution in [0, 0.1) is 0 Å². The van der Waals surface area contributed by atoms with Crippen LogP contribution in [0.1, 0.15) is 138 Å². The van der Waals surface area contributed by atoms with Gasteiger partial charge in [0.15, 0.2) is 42.4 Å². The van der Waals surface area contributed by atoms with Crippen molar-refractivity contribution < 1.29 is 156 Å². The third-order valence-corrected chi connectivity index (χ3v) is 19.6. The van der Waals surface area contributed by atoms with Gasteiger partial charge in [0.25, 0.3) is 0 Å². The Labute approximate surface area is 748 Å². The fraction of sp³-hybridized carbons (Fsp3) is 0.578. The molecular formula is C90H126F6N6O27. The van der Waals surface area contributed by atoms with E-state index >= 15 is 0 Å². The number of ether oxygens (including phenoxy) is 13. The Balaban J connectivity index is 0.000000329. The number of amides is 5. The fourth-order valence-electron chi connectivity index (χ4n) is 13.1. The van der Waals surface area contributed by atoms with E-state index in [1.165, 1.54) is 35.5 Å². The number of ketones is 1. The van der Waals surface area contributed by atoms with Crippen LogP contribution in [0.2, 0.25) is 0 Å². The highest BCUT2D eigenvalue weighted by molar-refractivity contribution is 5.89. The Kier molecular flexibility index (Phi) is 46.0. The molecule has 4 aromatic rings. The summed E-state index contributed by atoms with van der Waals surface area (Å²) in [6.45, 7) is 21.5. The molecule has 0 bridgehead atoms. The summed E-state index contributed by atoms with van der Waals surface area (Å²) < 4.78 is 149. The number of aliphatic hydroxyl groups is 2. The summed E-state index contributed by atoms with van der Waals surface area (Å²) in [5.74, 6) is -5.18. The number of Topliss-reactive ketones (excluding diaryl/α,β-unsaturated/α-hetero) is 1. The Morgan fingerprint density at radius 1 is 0.411 bits per heavy atom. The van der Waals surface area contributed by atoms with Gasteiger partial charge in [-0.25, -0.2) is 69.5 Å². The van der Waals surface area contributed by atoms with Gasteiger partial charge in [-0.05, 0) is 130 Å². The molecule has 10 rings (SSSR count). The van der Waals surface area contributed by atoms with Crippen molar-refractivity contribution >= 4 is 60.1 Å². The molecule has 5 amide bonds. The van der Waals surface area contributed by atoms with E-state index in [0.717, 1.165) is 66.2 Å². The fourth-order valence-corrected chi connectivity index (χ4v) is 13.1. The lowest BCUT2D eigenvalue weighted by Gasteiger charge is -2.29. The van der Waals surface area contributed by atoms with E-state index in [1.54, 1.807) is 139 Å². The van der Waals surface area contributed by atoms with Gasteiger partial charge in [0, 0.05) is 68.0 Å². The first-order chi connectivity index (χ1) is 60.6. The zero-order valence-corrected chi connectivity index (χ0v) is 76.2. The number of likely N-dealkylation sites (tertiary alicyclic amines) is 5. The largest absolute Gasteiger partial charge is 0.480 e. The monoisotopic (exact) mass is 1840 g/mol. The molecule has 1 unspecified atom stereocenters. The van der Waals surface area contributed by atoms with Crippen LogP contribution in [0.5, 0.6) is 0 Å². The number of nitrogens with two attached hydrogens (primary N) is 1. The molecule has 6 aliphatic heterocycles. The van der Waals surface area contributed by atoms with Crippen LogP contribution in [0.4, 0.5) is 50.3 Å². The van der Waals surface area contributed by atoms with Crippen molar-refractivity contribution in [1.82, 2.24) is 24.5 Å². The molecule has 0 aromatic heterocycles. The lowest BCUT2D eigenvalue weighted by molar-refractivity contribution is -0.154. The maximum atomic E-state index is 14.7. The van der Waals surface area contributed by atoms with Gasteiger partial charge in [0.05, 0.1) is 38.6 Å². The second kappa shape index (κ2) is 53.6. The van der Waals surface area contributed by atoms with E-state index in [-0.39, 0.29) is 90.2 Å². The number of methoxy groups -OCH3 is 5. The molecule has 0 saturated carbocycles. The summed E-state index contributed by atoms with van der Waals surface area (Å²) >= 11 is 0. The normalized spacial score (nSPS) is 23.7. The Hall–Kier alpha value is -10.5. The lowest BCUT2D eigenvalue weighted by atomic mass is 10.0. The molecule has 0 radical (unpaired) electrons. The predicted molar refractivity (Wildman–Crippen MR) is 455 cm³/mol. The highest BCUT2D eigenvalue weighted by atomic mass is 19.2. The second-order valence-corrected chi connectivity index (χ2v) is 33.5. The standard InChI is InChI=1S/2C21H22FNO5.C17H27F2NO4.C11H18FNO5.C11H19NO6.C5H10FN.C4H8O2/c1-26-19-17(22)12-23(21(25)28-14-16-10-6-3-7-11-16)18(19)20(24)27-13-15-8-4-2-5-9-15;1-26-17-12-23(21(25)28-14-16-10-6-3-7-11-16)19(18(17)22)20(24)27-13-15-8-4-2-5-9-15;1-10(2)11(18)7-8-13(21)14-15(23-6)12(19)9-20(14)16(22)24-17(3,4)5;1-11(2,3)18-10(16)13-5-6(12)8(17-4)7(13)9(14)15;1-11(2,3)18-10(16)12-5-6(17-4)8(13)7(12)9(14)15;1-4(2)5(6)3-7;5-4-2-1-3-6-4/h2*2-11,17-19H,12-14H2,1H3;12,14-15H,7-9H2,1-6H3;6-8H,5H2,1-4H3,(H,14,15);6-8,13H,5H2,1-4H3,(H,14,15);3,7H2,1-2H3;4-5H,1-3H2/t17-,18-,19+;17-,18+,19+;12-,14+,15+;6-,7-,8+;6-,7+,8+;;/m01001../s1. The quantitative estimate of drug-likeness (QED) is 0.0277. The SMILES string of the molecule is CC(C)=C(F)CN.CO[C@@H]1CN(C(=O)OC(C)(C)C)[C@H](C(=O)O)[C@H]1O.CO[C@@H]1CN(C(=O)OCc2ccccc2)[C@H](C(=O)OCc2ccccc2)[C@H]1F.CO[C@H]1[C@@H](C(=O)CCC(F)=C(C)C)N(C(=O)OC(C)(C)C)C[C@@H]1F.CO[C@H]1[C@@H](C(=O)O)N(C(=O)OC(C)(C)C)C[C@@H]1F.CO[C@H]1[C@@H](C(=O)OCc2ccccc2)N(C(=O)OCc2ccccc2)C[C@@H]1F.OC1CCCO1. The number of carboxylic acid groups (broad SMARTS) is 2. The predicted octanol–water partition coefficient (Wildman–Crippen LogP) is 12.2. The minimum atomic E-state index is -1.70. The van der Waals surface area contributed by atoms with Gasteiger partial charge in [-0.2, -0.15) is 0 Å². The van der Waals surface area contributed by atoms with Crippen LogP contribution in [-0.2, 0) is 112 Å². The minimum Gasteiger partial charge on any atom is -0.480 e. The number of carbonyl (C=O) groups is 10. The average molecular weight is 1840 g/mol. The van der Waals surface area contributed by atoms with E-state index in [9.17, 15) is 79.4 Å². The molecule has 0 aliphatic carbocycles. The van der Waals surface area contributed by atoms with E-state index in [4.69, 9.17) is 82.6 Å². The van der Waals surface area contributed by atoms with Crippen LogP contribution < -0.4 is 5.73 Å². The number of hydrogen-bond donors (Lipinski definition) is 5. The van der Waals surface area contributed by atoms with Crippen molar-refractivity contribution in [3.05, 3.63) is 166 Å². The number of nitrogens with zero attached hydrogens (tertiary/aromatic N) is 5. The number of allylic oxidation sites excluding steroid dienone is 3. The van der Waals surface area contributed by atoms with Gasteiger partial charge >= 0.3 is 54.3 Å². The summed E-state index contributed by atoms with van der Waals surface area (Å²) in [5, 5.41) is 36.4. The topological polar surface area (TPSA) is 414 Å². The van der Waals surface area contributed by atoms with E-state index in [2.05, 4.69) is 0 Å². The molecule has 16 atom stereocenters. The van der Waals surface area contributed by atoms with Crippen molar-refractivity contribution in [3.63, 3.8) is 0 Å². The van der Waals surface area contributed by atoms with Crippen molar-refractivity contribution in [2.75, 3.05) is 81.4 Å². The average Bonchev–Trinajstić information content (AvgIpc) is 1.69. The third kappa shape index (κ3) is 36.0. The molecule has 4 aromatic carbocycles. The smallest absolute Gasteiger partial charge is 0.411 e. The number of esters is 2. The number of benzene rings is 4. The molecule has 33 nitrogen and oxygen atoms in total. The van der Waals surface area contributed by atoms with E-state index < -0.39 is 175 Å². The molecule has 6 heterocycles. The molecule has 39 heteroatoms. The van der Waals surface area contributed by atoms with Crippen LogP contribution in [0.15, 0.2) is 144 Å². The first-order valence-corrected chi connectivity index (χ1v) is 41.4. The molecule has 720 valence electrons. The maximum absolute atomic E-state index is 14.7. The highest BCUT2D eigenvalue weighted by Crippen LogP contribution is 2.33. The number of aliphatic hydroxyl groups excluding tert-OH is 2. The zero-order valence-electron chi connectivity index (χ0n) is 76.2. The number of alkyl halides is 4.